The Hall–Kier alpha value is -1.85. The van der Waals surface area contributed by atoms with Crippen LogP contribution in [0.25, 0.3) is 0 Å². The van der Waals surface area contributed by atoms with Gasteiger partial charge in [0, 0.05) is 23.6 Å². The molecule has 1 amide bonds. The maximum Gasteiger partial charge on any atom is 0.247 e. The molecule has 30 heavy (non-hydrogen) atoms. The molecule has 0 aliphatic rings. The number of benzene rings is 1. The number of halogens is 2. The van der Waals surface area contributed by atoms with E-state index in [9.17, 15) is 9.59 Å². The van der Waals surface area contributed by atoms with Crippen molar-refractivity contribution >= 4 is 40.7 Å². The molecule has 5 nitrogen and oxygen atoms in total. The lowest BCUT2D eigenvalue weighted by atomic mass is 10.0. The molecule has 0 atom stereocenters. The first kappa shape index (κ1) is 24.4. The van der Waals surface area contributed by atoms with Gasteiger partial charge in [0.05, 0.1) is 16.4 Å². The number of carbonyl (C=O) groups is 2. The Morgan fingerprint density at radius 1 is 1.03 bits per heavy atom. The Bertz CT molecular complexity index is 878. The van der Waals surface area contributed by atoms with E-state index in [0.717, 1.165) is 29.8 Å². The zero-order valence-corrected chi connectivity index (χ0v) is 19.6. The molecule has 0 radical (unpaired) electrons. The van der Waals surface area contributed by atoms with Gasteiger partial charge in [-0.1, -0.05) is 62.2 Å². The van der Waals surface area contributed by atoms with Gasteiger partial charge in [0.2, 0.25) is 11.8 Å². The highest BCUT2D eigenvalue weighted by atomic mass is 35.5. The van der Waals surface area contributed by atoms with Gasteiger partial charge in [-0.05, 0) is 50.5 Å². The van der Waals surface area contributed by atoms with Crippen molar-refractivity contribution < 1.29 is 9.59 Å². The third-order valence-corrected chi connectivity index (χ3v) is 5.78. The number of aryl methyl sites for hydroxylation is 1. The molecule has 1 N–H and O–H groups in total. The number of rotatable bonds is 11. The maximum absolute atomic E-state index is 12.6. The summed E-state index contributed by atoms with van der Waals surface area (Å²) in [5.41, 5.74) is 3.40. The Labute approximate surface area is 189 Å². The third kappa shape index (κ3) is 7.13. The summed E-state index contributed by atoms with van der Waals surface area (Å²) in [5.74, 6) is -0.455. The summed E-state index contributed by atoms with van der Waals surface area (Å²) in [5, 5.41) is 7.99. The van der Waals surface area contributed by atoms with Crippen LogP contribution in [0.2, 0.25) is 10.0 Å². The predicted octanol–water partition coefficient (Wildman–Crippen LogP) is 6.77. The van der Waals surface area contributed by atoms with Crippen molar-refractivity contribution in [2.45, 2.75) is 78.6 Å². The second kappa shape index (κ2) is 12.1. The van der Waals surface area contributed by atoms with E-state index >= 15 is 0 Å². The van der Waals surface area contributed by atoms with E-state index in [2.05, 4.69) is 17.3 Å². The van der Waals surface area contributed by atoms with Gasteiger partial charge in [0.25, 0.3) is 0 Å². The van der Waals surface area contributed by atoms with Crippen LogP contribution in [0.15, 0.2) is 18.2 Å². The van der Waals surface area contributed by atoms with Crippen LogP contribution in [0.4, 0.5) is 5.69 Å². The topological polar surface area (TPSA) is 64.0 Å². The molecule has 0 aliphatic heterocycles. The number of unbranched alkanes of at least 4 members (excludes halogenated alkanes) is 5. The SMILES string of the molecule is CCCCCCCCc1c(C)nn(C(=O)CCC(=O)Nc2ccc(Cl)cc2Cl)c1C. The second-order valence-electron chi connectivity index (χ2n) is 7.65. The van der Waals surface area contributed by atoms with E-state index in [0.29, 0.717) is 15.7 Å². The van der Waals surface area contributed by atoms with E-state index in [4.69, 9.17) is 23.2 Å². The van der Waals surface area contributed by atoms with Crippen LogP contribution in [0.3, 0.4) is 0 Å². The van der Waals surface area contributed by atoms with Gasteiger partial charge in [0.15, 0.2) is 0 Å². The quantitative estimate of drug-likeness (QED) is 0.383. The van der Waals surface area contributed by atoms with Gasteiger partial charge in [-0.25, -0.2) is 4.68 Å². The highest BCUT2D eigenvalue weighted by Gasteiger charge is 2.17. The minimum absolute atomic E-state index is 0.0584. The number of hydrogen-bond donors (Lipinski definition) is 1. The smallest absolute Gasteiger partial charge is 0.247 e. The molecular formula is C23H31Cl2N3O2. The van der Waals surface area contributed by atoms with Crippen molar-refractivity contribution in [2.24, 2.45) is 0 Å². The normalized spacial score (nSPS) is 11.0. The molecule has 0 spiro atoms. The number of nitrogens with one attached hydrogen (secondary N) is 1. The molecule has 0 fully saturated rings. The van der Waals surface area contributed by atoms with E-state index in [1.165, 1.54) is 36.8 Å². The zero-order chi connectivity index (χ0) is 22.1. The summed E-state index contributed by atoms with van der Waals surface area (Å²) in [4.78, 5) is 24.8. The minimum Gasteiger partial charge on any atom is -0.325 e. The van der Waals surface area contributed by atoms with Crippen LogP contribution in [0.5, 0.6) is 0 Å². The van der Waals surface area contributed by atoms with Crippen molar-refractivity contribution in [1.29, 1.82) is 0 Å². The van der Waals surface area contributed by atoms with Crippen LogP contribution < -0.4 is 5.32 Å². The number of amides is 1. The Morgan fingerprint density at radius 3 is 2.43 bits per heavy atom. The van der Waals surface area contributed by atoms with E-state index in [1.54, 1.807) is 18.2 Å². The summed E-state index contributed by atoms with van der Waals surface area (Å²) in [7, 11) is 0. The molecule has 0 unspecified atom stereocenters. The van der Waals surface area contributed by atoms with Crippen LogP contribution in [-0.2, 0) is 11.2 Å². The maximum atomic E-state index is 12.6. The van der Waals surface area contributed by atoms with Crippen LogP contribution in [0, 0.1) is 13.8 Å². The lowest BCUT2D eigenvalue weighted by Gasteiger charge is -2.08. The molecule has 2 aromatic rings. The van der Waals surface area contributed by atoms with Gasteiger partial charge >= 0.3 is 0 Å². The first-order chi connectivity index (χ1) is 14.3. The molecular weight excluding hydrogens is 421 g/mol. The summed E-state index contributed by atoms with van der Waals surface area (Å²) in [6.45, 7) is 6.09. The monoisotopic (exact) mass is 451 g/mol. The summed E-state index contributed by atoms with van der Waals surface area (Å²) in [6.07, 6.45) is 8.47. The molecule has 0 saturated carbocycles. The summed E-state index contributed by atoms with van der Waals surface area (Å²) < 4.78 is 1.45. The van der Waals surface area contributed by atoms with Crippen molar-refractivity contribution in [3.63, 3.8) is 0 Å². The lowest BCUT2D eigenvalue weighted by molar-refractivity contribution is -0.116. The first-order valence-electron chi connectivity index (χ1n) is 10.7. The summed E-state index contributed by atoms with van der Waals surface area (Å²) >= 11 is 11.9. The van der Waals surface area contributed by atoms with Crippen LogP contribution >= 0.6 is 23.2 Å². The second-order valence-corrected chi connectivity index (χ2v) is 8.49. The molecule has 0 aliphatic carbocycles. The Morgan fingerprint density at radius 2 is 1.73 bits per heavy atom. The standard InChI is InChI=1S/C23H31Cl2N3O2/c1-4-5-6-7-8-9-10-19-16(2)27-28(17(19)3)23(30)14-13-22(29)26-21-12-11-18(24)15-20(21)25/h11-12,15H,4-10,13-14H2,1-3H3,(H,26,29). The van der Waals surface area contributed by atoms with Crippen molar-refractivity contribution in [2.75, 3.05) is 5.32 Å². The van der Waals surface area contributed by atoms with Crippen molar-refractivity contribution in [3.8, 4) is 0 Å². The molecule has 1 aromatic heterocycles. The molecule has 1 aromatic carbocycles. The average molecular weight is 452 g/mol. The third-order valence-electron chi connectivity index (χ3n) is 5.23. The minimum atomic E-state index is -0.276. The lowest BCUT2D eigenvalue weighted by Crippen LogP contribution is -2.18. The predicted molar refractivity (Wildman–Crippen MR) is 124 cm³/mol. The molecule has 164 valence electrons. The van der Waals surface area contributed by atoms with Gasteiger partial charge < -0.3 is 5.32 Å². The largest absolute Gasteiger partial charge is 0.325 e. The van der Waals surface area contributed by atoms with Gasteiger partial charge in [0.1, 0.15) is 0 Å². The number of hydrogen-bond acceptors (Lipinski definition) is 3. The van der Waals surface area contributed by atoms with Gasteiger partial charge in [-0.15, -0.1) is 0 Å². The van der Waals surface area contributed by atoms with Crippen LogP contribution in [-0.4, -0.2) is 21.6 Å². The highest BCUT2D eigenvalue weighted by Crippen LogP contribution is 2.25. The fraction of sp³-hybridized carbons (Fsp3) is 0.522. The van der Waals surface area contributed by atoms with Gasteiger partial charge in [-0.3, -0.25) is 9.59 Å². The van der Waals surface area contributed by atoms with E-state index < -0.39 is 0 Å². The number of carbonyl (C=O) groups excluding carboxylic acids is 2. The van der Waals surface area contributed by atoms with Gasteiger partial charge in [-0.2, -0.15) is 5.10 Å². The first-order valence-corrected chi connectivity index (χ1v) is 11.4. The molecule has 0 saturated heterocycles. The number of anilines is 1. The molecule has 1 heterocycles. The molecule has 0 bridgehead atoms. The Kier molecular flexibility index (Phi) is 9.86. The van der Waals surface area contributed by atoms with Crippen molar-refractivity contribution in [1.82, 2.24) is 9.78 Å². The highest BCUT2D eigenvalue weighted by molar-refractivity contribution is 6.36. The fourth-order valence-corrected chi connectivity index (χ4v) is 3.95. The number of aromatic nitrogens is 2. The number of nitrogens with zero attached hydrogens (tertiary/aromatic N) is 2. The molecule has 2 rings (SSSR count). The van der Waals surface area contributed by atoms with Crippen molar-refractivity contribution in [3.05, 3.63) is 45.2 Å². The molecule has 7 heteroatoms. The Balaban J connectivity index is 1.86. The van der Waals surface area contributed by atoms with E-state index in [1.807, 2.05) is 13.8 Å². The average Bonchev–Trinajstić information content (AvgIpc) is 2.99. The summed E-state index contributed by atoms with van der Waals surface area (Å²) in [6, 6.07) is 4.85. The zero-order valence-electron chi connectivity index (χ0n) is 18.1. The fourth-order valence-electron chi connectivity index (χ4n) is 3.49. The van der Waals surface area contributed by atoms with E-state index in [-0.39, 0.29) is 24.7 Å². The van der Waals surface area contributed by atoms with Crippen LogP contribution in [0.1, 0.15) is 80.0 Å².